The summed E-state index contributed by atoms with van der Waals surface area (Å²) in [5.41, 5.74) is 1.25. The van der Waals surface area contributed by atoms with Gasteiger partial charge in [0.05, 0.1) is 28.8 Å². The highest BCUT2D eigenvalue weighted by Gasteiger charge is 2.27. The van der Waals surface area contributed by atoms with E-state index in [1.54, 1.807) is 6.07 Å². The van der Waals surface area contributed by atoms with Crippen LogP contribution < -0.4 is 9.80 Å². The maximum Gasteiger partial charge on any atom is 0.339 e. The van der Waals surface area contributed by atoms with Crippen LogP contribution in [0.4, 0.5) is 17.2 Å². The van der Waals surface area contributed by atoms with E-state index in [0.717, 1.165) is 5.69 Å². The van der Waals surface area contributed by atoms with E-state index < -0.39 is 10.9 Å². The minimum absolute atomic E-state index is 0.0366. The number of methoxy groups -OCH3 is 1. The lowest BCUT2D eigenvalue weighted by molar-refractivity contribution is -0.384. The number of carbonyl (C=O) groups is 1. The minimum Gasteiger partial charge on any atom is -0.465 e. The molecule has 0 aliphatic carbocycles. The zero-order chi connectivity index (χ0) is 19.4. The molecular formula is C18H17N5O4. The van der Waals surface area contributed by atoms with E-state index in [0.29, 0.717) is 31.7 Å². The first-order chi connectivity index (χ1) is 13.0. The fourth-order valence-electron chi connectivity index (χ4n) is 3.06. The quantitative estimate of drug-likeness (QED) is 0.458. The largest absolute Gasteiger partial charge is 0.465 e. The lowest BCUT2D eigenvalue weighted by Gasteiger charge is -2.36. The number of aromatic nitrogens is 1. The van der Waals surface area contributed by atoms with Crippen molar-refractivity contribution in [3.8, 4) is 6.07 Å². The summed E-state index contributed by atoms with van der Waals surface area (Å²) in [4.78, 5) is 30.5. The van der Waals surface area contributed by atoms with Gasteiger partial charge in [-0.2, -0.15) is 5.26 Å². The standard InChI is InChI=1S/C18H17N5O4/c1-27-18(24)14-10-16(23(25)26)17(20-12-14)22-8-6-21(7-9-22)15-5-3-2-4-13(15)11-19/h2-5,10,12H,6-9H2,1H3. The van der Waals surface area contributed by atoms with Crippen molar-refractivity contribution < 1.29 is 14.5 Å². The highest BCUT2D eigenvalue weighted by molar-refractivity contribution is 5.90. The number of esters is 1. The van der Waals surface area contributed by atoms with E-state index in [4.69, 9.17) is 0 Å². The highest BCUT2D eigenvalue weighted by Crippen LogP contribution is 2.29. The molecule has 1 aromatic heterocycles. The Labute approximate surface area is 155 Å². The second kappa shape index (κ2) is 7.70. The van der Waals surface area contributed by atoms with Crippen LogP contribution in [0.2, 0.25) is 0 Å². The molecule has 0 bridgehead atoms. The van der Waals surface area contributed by atoms with Crippen LogP contribution in [0.3, 0.4) is 0 Å². The van der Waals surface area contributed by atoms with Gasteiger partial charge in [0.1, 0.15) is 6.07 Å². The number of ether oxygens (including phenoxy) is 1. The van der Waals surface area contributed by atoms with Crippen molar-refractivity contribution in [1.29, 1.82) is 5.26 Å². The van der Waals surface area contributed by atoms with E-state index >= 15 is 0 Å². The number of benzene rings is 1. The van der Waals surface area contributed by atoms with E-state index in [-0.39, 0.29) is 17.1 Å². The van der Waals surface area contributed by atoms with E-state index in [9.17, 15) is 20.2 Å². The number of anilines is 2. The molecule has 2 aromatic rings. The van der Waals surface area contributed by atoms with Gasteiger partial charge in [-0.15, -0.1) is 0 Å². The molecule has 9 heteroatoms. The van der Waals surface area contributed by atoms with Crippen molar-refractivity contribution in [3.05, 3.63) is 57.8 Å². The van der Waals surface area contributed by atoms with Crippen molar-refractivity contribution >= 4 is 23.2 Å². The molecule has 9 nitrogen and oxygen atoms in total. The number of hydrogen-bond donors (Lipinski definition) is 0. The molecule has 0 unspecified atom stereocenters. The van der Waals surface area contributed by atoms with Gasteiger partial charge in [0.15, 0.2) is 0 Å². The minimum atomic E-state index is -0.671. The first kappa shape index (κ1) is 18.1. The molecule has 1 fully saturated rings. The maximum atomic E-state index is 11.6. The third kappa shape index (κ3) is 3.64. The maximum absolute atomic E-state index is 11.6. The molecule has 27 heavy (non-hydrogen) atoms. The van der Waals surface area contributed by atoms with Crippen LogP contribution in [0.25, 0.3) is 0 Å². The predicted octanol–water partition coefficient (Wildman–Crippen LogP) is 1.97. The summed E-state index contributed by atoms with van der Waals surface area (Å²) in [6.07, 6.45) is 1.28. The molecule has 1 saturated heterocycles. The zero-order valence-electron chi connectivity index (χ0n) is 14.7. The first-order valence-electron chi connectivity index (χ1n) is 8.27. The number of nitro groups is 1. The Bertz CT molecular complexity index is 916. The van der Waals surface area contributed by atoms with Crippen LogP contribution in [0, 0.1) is 21.4 Å². The number of rotatable bonds is 4. The van der Waals surface area contributed by atoms with Gasteiger partial charge in [0, 0.05) is 38.4 Å². The van der Waals surface area contributed by atoms with Gasteiger partial charge in [0.2, 0.25) is 5.82 Å². The van der Waals surface area contributed by atoms with Crippen LogP contribution >= 0.6 is 0 Å². The zero-order valence-corrected chi connectivity index (χ0v) is 14.7. The monoisotopic (exact) mass is 367 g/mol. The molecule has 138 valence electrons. The topological polar surface area (TPSA) is 113 Å². The summed E-state index contributed by atoms with van der Waals surface area (Å²) in [6.45, 7) is 2.20. The number of piperazine rings is 1. The third-order valence-electron chi connectivity index (χ3n) is 4.41. The smallest absolute Gasteiger partial charge is 0.339 e. The molecule has 3 rings (SSSR count). The fraction of sp³-hybridized carbons (Fsp3) is 0.278. The average molecular weight is 367 g/mol. The van der Waals surface area contributed by atoms with Crippen LogP contribution in [0.15, 0.2) is 36.5 Å². The number of carbonyl (C=O) groups excluding carboxylic acids is 1. The lowest BCUT2D eigenvalue weighted by Crippen LogP contribution is -2.47. The molecule has 0 N–H and O–H groups in total. The Morgan fingerprint density at radius 3 is 2.56 bits per heavy atom. The second-order valence-corrected chi connectivity index (χ2v) is 5.92. The van der Waals surface area contributed by atoms with Crippen molar-refractivity contribution in [2.45, 2.75) is 0 Å². The SMILES string of the molecule is COC(=O)c1cnc(N2CCN(c3ccccc3C#N)CC2)c([N+](=O)[O-])c1. The van der Waals surface area contributed by atoms with Crippen LogP contribution in [-0.4, -0.2) is 49.2 Å². The normalized spacial score (nSPS) is 13.8. The van der Waals surface area contributed by atoms with E-state index in [1.807, 2.05) is 23.1 Å². The Balaban J connectivity index is 1.81. The third-order valence-corrected chi connectivity index (χ3v) is 4.41. The molecule has 1 aliphatic rings. The number of para-hydroxylation sites is 1. The molecule has 1 aromatic carbocycles. The van der Waals surface area contributed by atoms with Gasteiger partial charge in [-0.1, -0.05) is 12.1 Å². The summed E-state index contributed by atoms with van der Waals surface area (Å²) < 4.78 is 4.59. The molecule has 0 spiro atoms. The van der Waals surface area contributed by atoms with Gasteiger partial charge >= 0.3 is 11.7 Å². The van der Waals surface area contributed by atoms with Crippen molar-refractivity contribution in [2.75, 3.05) is 43.1 Å². The summed E-state index contributed by atoms with van der Waals surface area (Å²) in [5.74, 6) is -0.448. The summed E-state index contributed by atoms with van der Waals surface area (Å²) in [7, 11) is 1.21. The van der Waals surface area contributed by atoms with Crippen LogP contribution in [0.5, 0.6) is 0 Å². The second-order valence-electron chi connectivity index (χ2n) is 5.92. The predicted molar refractivity (Wildman–Crippen MR) is 97.8 cm³/mol. The summed E-state index contributed by atoms with van der Waals surface area (Å²) in [6, 6.07) is 10.7. The molecule has 0 saturated carbocycles. The van der Waals surface area contributed by atoms with Gasteiger partial charge in [-0.3, -0.25) is 10.1 Å². The van der Waals surface area contributed by atoms with E-state index in [1.165, 1.54) is 19.4 Å². The van der Waals surface area contributed by atoms with Gasteiger partial charge in [0.25, 0.3) is 0 Å². The van der Waals surface area contributed by atoms with E-state index in [2.05, 4.69) is 20.7 Å². The Morgan fingerprint density at radius 2 is 1.93 bits per heavy atom. The Kier molecular flexibility index (Phi) is 5.17. The molecule has 0 radical (unpaired) electrons. The molecule has 0 atom stereocenters. The van der Waals surface area contributed by atoms with Crippen LogP contribution in [0.1, 0.15) is 15.9 Å². The number of hydrogen-bond acceptors (Lipinski definition) is 8. The summed E-state index contributed by atoms with van der Waals surface area (Å²) >= 11 is 0. The average Bonchev–Trinajstić information content (AvgIpc) is 2.72. The number of nitriles is 1. The Morgan fingerprint density at radius 1 is 1.26 bits per heavy atom. The lowest BCUT2D eigenvalue weighted by atomic mass is 10.1. The number of nitrogens with zero attached hydrogens (tertiary/aromatic N) is 5. The Hall–Kier alpha value is -3.67. The van der Waals surface area contributed by atoms with Crippen LogP contribution in [-0.2, 0) is 4.74 Å². The fourth-order valence-corrected chi connectivity index (χ4v) is 3.06. The van der Waals surface area contributed by atoms with Crippen molar-refractivity contribution in [2.24, 2.45) is 0 Å². The molecule has 1 aliphatic heterocycles. The molecule has 0 amide bonds. The molecule has 2 heterocycles. The van der Waals surface area contributed by atoms with Gasteiger partial charge in [-0.05, 0) is 12.1 Å². The first-order valence-corrected chi connectivity index (χ1v) is 8.27. The van der Waals surface area contributed by atoms with Gasteiger partial charge in [-0.25, -0.2) is 9.78 Å². The van der Waals surface area contributed by atoms with Crippen molar-refractivity contribution in [3.63, 3.8) is 0 Å². The molecular weight excluding hydrogens is 350 g/mol. The number of pyridine rings is 1. The summed E-state index contributed by atoms with van der Waals surface area (Å²) in [5, 5.41) is 20.7. The highest BCUT2D eigenvalue weighted by atomic mass is 16.6. The van der Waals surface area contributed by atoms with Gasteiger partial charge < -0.3 is 14.5 Å². The van der Waals surface area contributed by atoms with Crippen molar-refractivity contribution in [1.82, 2.24) is 4.98 Å².